The molecular weight excluding hydrogens is 232 g/mol. The smallest absolute Gasteiger partial charge is 0.146 e. The molecule has 17 heavy (non-hydrogen) atoms. The van der Waals surface area contributed by atoms with Gasteiger partial charge >= 0.3 is 0 Å². The fourth-order valence-corrected chi connectivity index (χ4v) is 1.80. The zero-order valence-corrected chi connectivity index (χ0v) is 12.3. The summed E-state index contributed by atoms with van der Waals surface area (Å²) in [6.07, 6.45) is 1.98. The lowest BCUT2D eigenvalue weighted by Gasteiger charge is -2.17. The molecule has 4 heteroatoms. The molecule has 0 aliphatic heterocycles. The van der Waals surface area contributed by atoms with Gasteiger partial charge in [-0.15, -0.1) is 18.0 Å². The second kappa shape index (κ2) is 8.48. The second-order valence-corrected chi connectivity index (χ2v) is 9.74. The number of aliphatic hydroxyl groups is 1. The van der Waals surface area contributed by atoms with Crippen LogP contribution in [0, 0.1) is 11.5 Å². The first kappa shape index (κ1) is 16.4. The van der Waals surface area contributed by atoms with Crippen LogP contribution in [-0.2, 0) is 9.47 Å². The largest absolute Gasteiger partial charge is 0.389 e. The Morgan fingerprint density at radius 1 is 1.41 bits per heavy atom. The number of aliphatic hydroxyl groups excluding tert-OH is 1. The van der Waals surface area contributed by atoms with E-state index in [-0.39, 0.29) is 12.9 Å². The first-order chi connectivity index (χ1) is 7.89. The quantitative estimate of drug-likeness (QED) is 0.328. The van der Waals surface area contributed by atoms with Crippen LogP contribution in [0.4, 0.5) is 0 Å². The van der Waals surface area contributed by atoms with Gasteiger partial charge in [-0.05, 0) is 0 Å². The van der Waals surface area contributed by atoms with Gasteiger partial charge < -0.3 is 14.6 Å². The number of methoxy groups -OCH3 is 1. The van der Waals surface area contributed by atoms with Crippen LogP contribution in [0.25, 0.3) is 0 Å². The van der Waals surface area contributed by atoms with Gasteiger partial charge in [0.2, 0.25) is 0 Å². The van der Waals surface area contributed by atoms with Crippen LogP contribution >= 0.6 is 0 Å². The molecule has 0 spiro atoms. The highest BCUT2D eigenvalue weighted by Gasteiger charge is 2.13. The summed E-state index contributed by atoms with van der Waals surface area (Å²) in [5, 5.41) is 9.51. The van der Waals surface area contributed by atoms with E-state index in [2.05, 4.69) is 37.7 Å². The molecule has 0 saturated heterocycles. The summed E-state index contributed by atoms with van der Waals surface area (Å²) in [4.78, 5) is 0. The predicted octanol–water partition coefficient (Wildman–Crippen LogP) is 2.18. The molecule has 0 heterocycles. The van der Waals surface area contributed by atoms with Gasteiger partial charge in [0.1, 0.15) is 14.9 Å². The zero-order chi connectivity index (χ0) is 13.3. The summed E-state index contributed by atoms with van der Waals surface area (Å²) in [7, 11) is 0.244. The van der Waals surface area contributed by atoms with Crippen LogP contribution in [0.15, 0.2) is 12.7 Å². The molecule has 98 valence electrons. The third-order valence-corrected chi connectivity index (χ3v) is 2.92. The molecule has 0 aromatic carbocycles. The van der Waals surface area contributed by atoms with E-state index in [0.717, 1.165) is 0 Å². The minimum atomic E-state index is -1.33. The van der Waals surface area contributed by atoms with Crippen molar-refractivity contribution in [1.29, 1.82) is 0 Å². The summed E-state index contributed by atoms with van der Waals surface area (Å²) in [6, 6.07) is 0. The Morgan fingerprint density at radius 3 is 2.53 bits per heavy atom. The van der Waals surface area contributed by atoms with E-state index in [1.54, 1.807) is 7.11 Å². The molecule has 0 amide bonds. The minimum absolute atomic E-state index is 0.105. The number of ether oxygens (including phenoxy) is 2. The third kappa shape index (κ3) is 10.3. The van der Waals surface area contributed by atoms with Gasteiger partial charge in [-0.2, -0.15) is 0 Å². The zero-order valence-electron chi connectivity index (χ0n) is 11.3. The Labute approximate surface area is 106 Å². The van der Waals surface area contributed by atoms with Crippen LogP contribution < -0.4 is 0 Å². The van der Waals surface area contributed by atoms with Crippen LogP contribution in [0.2, 0.25) is 19.6 Å². The highest BCUT2D eigenvalue weighted by atomic mass is 28.3. The Hall–Kier alpha value is -0.603. The van der Waals surface area contributed by atoms with Crippen LogP contribution in [0.5, 0.6) is 0 Å². The molecule has 0 aromatic rings. The molecule has 0 bridgehead atoms. The summed E-state index contributed by atoms with van der Waals surface area (Å²) in [5.74, 6) is 3.15. The van der Waals surface area contributed by atoms with E-state index in [9.17, 15) is 5.11 Å². The molecule has 1 N–H and O–H groups in total. The molecule has 0 saturated carbocycles. The fraction of sp³-hybridized carbons (Fsp3) is 0.692. The van der Waals surface area contributed by atoms with E-state index in [4.69, 9.17) is 9.47 Å². The van der Waals surface area contributed by atoms with Gasteiger partial charge in [-0.3, -0.25) is 0 Å². The van der Waals surface area contributed by atoms with Crippen molar-refractivity contribution in [3.05, 3.63) is 12.7 Å². The van der Waals surface area contributed by atoms with Gasteiger partial charge in [0, 0.05) is 20.0 Å². The van der Waals surface area contributed by atoms with Crippen molar-refractivity contribution >= 4 is 8.07 Å². The van der Waals surface area contributed by atoms with Gasteiger partial charge in [0.05, 0.1) is 12.2 Å². The molecular formula is C13H24O3Si. The average Bonchev–Trinajstić information content (AvgIpc) is 2.23. The number of hydrogen-bond donors (Lipinski definition) is 1. The van der Waals surface area contributed by atoms with Gasteiger partial charge in [0.15, 0.2) is 0 Å². The maximum Gasteiger partial charge on any atom is 0.146 e. The highest BCUT2D eigenvalue weighted by Crippen LogP contribution is 2.08. The van der Waals surface area contributed by atoms with Gasteiger partial charge in [-0.1, -0.05) is 25.7 Å². The van der Waals surface area contributed by atoms with Crippen molar-refractivity contribution in [2.75, 3.05) is 13.9 Å². The molecule has 2 atom stereocenters. The topological polar surface area (TPSA) is 38.7 Å². The lowest BCUT2D eigenvalue weighted by atomic mass is 10.1. The number of hydrogen-bond acceptors (Lipinski definition) is 3. The highest BCUT2D eigenvalue weighted by molar-refractivity contribution is 6.83. The molecule has 3 nitrogen and oxygen atoms in total. The van der Waals surface area contributed by atoms with Crippen LogP contribution in [0.1, 0.15) is 12.8 Å². The maximum absolute atomic E-state index is 9.51. The normalized spacial score (nSPS) is 14.6. The average molecular weight is 256 g/mol. The summed E-state index contributed by atoms with van der Waals surface area (Å²) >= 11 is 0. The fourth-order valence-electron chi connectivity index (χ4n) is 1.17. The van der Waals surface area contributed by atoms with Crippen molar-refractivity contribution in [1.82, 2.24) is 0 Å². The van der Waals surface area contributed by atoms with Crippen molar-refractivity contribution in [2.45, 2.75) is 44.7 Å². The lowest BCUT2D eigenvalue weighted by molar-refractivity contribution is -0.0792. The Balaban J connectivity index is 4.26. The SMILES string of the molecule is C=C[C@H](O)C[C@@H](CC#C[Si](C)(C)C)OCOC. The summed E-state index contributed by atoms with van der Waals surface area (Å²) in [6.45, 7) is 10.4. The molecule has 0 fully saturated rings. The van der Waals surface area contributed by atoms with Crippen molar-refractivity contribution in [3.8, 4) is 11.5 Å². The molecule has 0 aliphatic carbocycles. The van der Waals surface area contributed by atoms with Gasteiger partial charge in [0.25, 0.3) is 0 Å². The lowest BCUT2D eigenvalue weighted by Crippen LogP contribution is -2.21. The first-order valence-corrected chi connectivity index (χ1v) is 9.30. The van der Waals surface area contributed by atoms with E-state index < -0.39 is 14.2 Å². The van der Waals surface area contributed by atoms with Crippen LogP contribution in [-0.4, -0.2) is 39.3 Å². The maximum atomic E-state index is 9.51. The third-order valence-electron chi connectivity index (χ3n) is 1.99. The second-order valence-electron chi connectivity index (χ2n) is 4.99. The Kier molecular flexibility index (Phi) is 8.18. The molecule has 0 rings (SSSR count). The summed E-state index contributed by atoms with van der Waals surface area (Å²) < 4.78 is 10.3. The monoisotopic (exact) mass is 256 g/mol. The van der Waals surface area contributed by atoms with E-state index in [0.29, 0.717) is 12.8 Å². The summed E-state index contributed by atoms with van der Waals surface area (Å²) in [5.41, 5.74) is 3.28. The number of rotatable bonds is 7. The van der Waals surface area contributed by atoms with E-state index >= 15 is 0 Å². The molecule has 0 aliphatic rings. The van der Waals surface area contributed by atoms with Crippen LogP contribution in [0.3, 0.4) is 0 Å². The molecule has 0 aromatic heterocycles. The Morgan fingerprint density at radius 2 is 2.06 bits per heavy atom. The standard InChI is InChI=1S/C13H24O3Si/c1-6-12(14)10-13(16-11-15-2)8-7-9-17(3,4)5/h6,12-14H,1,8,10-11H2,2-5H3/t12-,13+/m0/s1. The van der Waals surface area contributed by atoms with Crippen molar-refractivity contribution in [3.63, 3.8) is 0 Å². The van der Waals surface area contributed by atoms with Crippen molar-refractivity contribution in [2.24, 2.45) is 0 Å². The minimum Gasteiger partial charge on any atom is -0.389 e. The van der Waals surface area contributed by atoms with E-state index in [1.165, 1.54) is 6.08 Å². The van der Waals surface area contributed by atoms with Crippen molar-refractivity contribution < 1.29 is 14.6 Å². The van der Waals surface area contributed by atoms with E-state index in [1.807, 2.05) is 0 Å². The first-order valence-electron chi connectivity index (χ1n) is 5.80. The molecule has 0 radical (unpaired) electrons. The van der Waals surface area contributed by atoms with Gasteiger partial charge in [-0.25, -0.2) is 0 Å². The predicted molar refractivity (Wildman–Crippen MR) is 73.3 cm³/mol. The Bertz CT molecular complexity index is 273. The molecule has 0 unspecified atom stereocenters.